The maximum absolute atomic E-state index is 13.3. The molecule has 0 atom stereocenters. The third-order valence-electron chi connectivity index (χ3n) is 5.34. The molecule has 1 fully saturated rings. The van der Waals surface area contributed by atoms with Gasteiger partial charge in [0.25, 0.3) is 5.91 Å². The Morgan fingerprint density at radius 2 is 1.82 bits per heavy atom. The Labute approximate surface area is 196 Å². The highest BCUT2D eigenvalue weighted by molar-refractivity contribution is 7.16. The van der Waals surface area contributed by atoms with Crippen LogP contribution < -0.4 is 16.0 Å². The molecule has 4 amide bonds. The first kappa shape index (κ1) is 22.7. The number of urea groups is 1. The molecule has 4 rings (SSSR count). The van der Waals surface area contributed by atoms with Gasteiger partial charge in [0.05, 0.1) is 5.69 Å². The molecule has 1 aliphatic heterocycles. The van der Waals surface area contributed by atoms with Gasteiger partial charge in [0, 0.05) is 36.9 Å². The Morgan fingerprint density at radius 3 is 2.61 bits per heavy atom. The van der Waals surface area contributed by atoms with E-state index in [0.29, 0.717) is 30.3 Å². The second-order valence-corrected chi connectivity index (χ2v) is 9.94. The van der Waals surface area contributed by atoms with Crippen molar-refractivity contribution < 1.29 is 14.4 Å². The summed E-state index contributed by atoms with van der Waals surface area (Å²) in [6, 6.07) is 13.0. The molecule has 0 aliphatic carbocycles. The molecule has 0 spiro atoms. The smallest absolute Gasteiger partial charge is 0.324 e. The number of carbonyl (C=O) groups is 3. The zero-order valence-electron chi connectivity index (χ0n) is 18.9. The average Bonchev–Trinajstić information content (AvgIpc) is 3.07. The summed E-state index contributed by atoms with van der Waals surface area (Å²) in [7, 11) is 0. The number of rotatable bonds is 3. The van der Waals surface area contributed by atoms with Crippen molar-refractivity contribution in [2.75, 3.05) is 30.3 Å². The van der Waals surface area contributed by atoms with Crippen molar-refractivity contribution in [2.45, 2.75) is 32.6 Å². The minimum absolute atomic E-state index is 0.0771. The molecule has 0 bridgehead atoms. The Morgan fingerprint density at radius 1 is 1.06 bits per heavy atom. The lowest BCUT2D eigenvalue weighted by Gasteiger charge is -2.19. The Bertz CT molecular complexity index is 1210. The molecule has 172 valence electrons. The van der Waals surface area contributed by atoms with E-state index in [1.54, 1.807) is 4.90 Å². The van der Waals surface area contributed by atoms with Crippen LogP contribution in [0, 0.1) is 0 Å². The second-order valence-electron chi connectivity index (χ2n) is 8.94. The lowest BCUT2D eigenvalue weighted by molar-refractivity contribution is -0.120. The molecule has 3 N–H and O–H groups in total. The number of hydrogen-bond donors (Lipinski definition) is 3. The summed E-state index contributed by atoms with van der Waals surface area (Å²) in [6.45, 7) is 7.13. The number of thiazole rings is 1. The van der Waals surface area contributed by atoms with Crippen molar-refractivity contribution >= 4 is 50.6 Å². The van der Waals surface area contributed by atoms with Gasteiger partial charge in [-0.25, -0.2) is 9.78 Å². The molecule has 2 aromatic carbocycles. The van der Waals surface area contributed by atoms with Gasteiger partial charge < -0.3 is 15.5 Å². The van der Waals surface area contributed by atoms with Gasteiger partial charge in [0.2, 0.25) is 5.91 Å². The van der Waals surface area contributed by atoms with Gasteiger partial charge in [-0.05, 0) is 11.5 Å². The first-order valence-corrected chi connectivity index (χ1v) is 11.7. The fraction of sp³-hybridized carbons (Fsp3) is 0.333. The fourth-order valence-corrected chi connectivity index (χ4v) is 4.59. The number of nitrogens with one attached hydrogen (secondary N) is 3. The number of nitrogens with zero attached hydrogens (tertiary/aromatic N) is 2. The van der Waals surface area contributed by atoms with E-state index >= 15 is 0 Å². The molecule has 8 nitrogen and oxygen atoms in total. The van der Waals surface area contributed by atoms with Gasteiger partial charge in [-0.2, -0.15) is 0 Å². The number of hydrogen-bond acceptors (Lipinski definition) is 5. The van der Waals surface area contributed by atoms with E-state index in [0.717, 1.165) is 15.8 Å². The van der Waals surface area contributed by atoms with Gasteiger partial charge in [-0.3, -0.25) is 14.9 Å². The molecule has 3 aromatic rings. The zero-order valence-corrected chi connectivity index (χ0v) is 19.7. The largest absolute Gasteiger partial charge is 0.354 e. The van der Waals surface area contributed by atoms with Crippen LogP contribution in [0.2, 0.25) is 0 Å². The number of benzene rings is 2. The average molecular weight is 466 g/mol. The molecule has 33 heavy (non-hydrogen) atoms. The highest BCUT2D eigenvalue weighted by Crippen LogP contribution is 2.34. The summed E-state index contributed by atoms with van der Waals surface area (Å²) in [6.07, 6.45) is 0.242. The number of carbonyl (C=O) groups excluding carboxylic acids is 3. The number of aromatic nitrogens is 1. The van der Waals surface area contributed by atoms with Crippen LogP contribution in [-0.2, 0) is 10.2 Å². The Hall–Kier alpha value is -3.46. The number of fused-ring (bicyclic) bond motifs is 1. The van der Waals surface area contributed by atoms with Crippen molar-refractivity contribution in [2.24, 2.45) is 0 Å². The maximum atomic E-state index is 13.3. The molecule has 0 saturated carbocycles. The third-order valence-corrected chi connectivity index (χ3v) is 6.73. The molecule has 0 unspecified atom stereocenters. The predicted octanol–water partition coefficient (Wildman–Crippen LogP) is 4.20. The lowest BCUT2D eigenvalue weighted by Crippen LogP contribution is -2.35. The summed E-state index contributed by atoms with van der Waals surface area (Å²) < 4.78 is 0. The first-order valence-electron chi connectivity index (χ1n) is 10.9. The molecule has 1 aromatic heterocycles. The van der Waals surface area contributed by atoms with Crippen LogP contribution in [0.3, 0.4) is 0 Å². The van der Waals surface area contributed by atoms with E-state index < -0.39 is 6.03 Å². The molecular formula is C24H27N5O3S. The van der Waals surface area contributed by atoms with E-state index in [1.807, 2.05) is 63.2 Å². The quantitative estimate of drug-likeness (QED) is 0.539. The first-order chi connectivity index (χ1) is 15.7. The van der Waals surface area contributed by atoms with E-state index in [-0.39, 0.29) is 29.3 Å². The van der Waals surface area contributed by atoms with Crippen molar-refractivity contribution in [3.63, 3.8) is 0 Å². The maximum Gasteiger partial charge on any atom is 0.324 e. The summed E-state index contributed by atoms with van der Waals surface area (Å²) >= 11 is 1.29. The van der Waals surface area contributed by atoms with Crippen LogP contribution in [0.5, 0.6) is 0 Å². The minimum Gasteiger partial charge on any atom is -0.354 e. The molecular weight excluding hydrogens is 438 g/mol. The zero-order chi connectivity index (χ0) is 23.6. The van der Waals surface area contributed by atoms with Gasteiger partial charge >= 0.3 is 6.03 Å². The van der Waals surface area contributed by atoms with Crippen LogP contribution >= 0.6 is 11.3 Å². The van der Waals surface area contributed by atoms with Gasteiger partial charge in [0.1, 0.15) is 10.0 Å². The van der Waals surface area contributed by atoms with Gasteiger partial charge in [0.15, 0.2) is 5.69 Å². The Balaban J connectivity index is 1.59. The van der Waals surface area contributed by atoms with Gasteiger partial charge in [-0.15, -0.1) is 0 Å². The highest BCUT2D eigenvalue weighted by atomic mass is 32.1. The summed E-state index contributed by atoms with van der Waals surface area (Å²) in [5.41, 5.74) is 0.589. The van der Waals surface area contributed by atoms with Crippen molar-refractivity contribution in [1.29, 1.82) is 0 Å². The van der Waals surface area contributed by atoms with E-state index in [2.05, 4.69) is 20.9 Å². The van der Waals surface area contributed by atoms with Crippen LogP contribution in [0.4, 0.5) is 15.5 Å². The molecule has 1 aliphatic rings. The SMILES string of the molecule is CC(C)(C)c1nc(C(=O)N2CCNC(=O)CC2)c(NC(=O)Nc2cccc3ccccc23)s1. The standard InChI is InChI=1S/C24H27N5O3S/c1-24(2,3)22-27-19(21(31)29-13-11-18(30)25-12-14-29)20(33-22)28-23(32)26-17-10-6-8-15-7-4-5-9-16(15)17/h4-10H,11-14H2,1-3H3,(H,25,30)(H2,26,28,32). The van der Waals surface area contributed by atoms with Crippen molar-refractivity contribution in [3.05, 3.63) is 53.2 Å². The van der Waals surface area contributed by atoms with Crippen molar-refractivity contribution in [1.82, 2.24) is 15.2 Å². The van der Waals surface area contributed by atoms with Crippen LogP contribution in [-0.4, -0.2) is 47.4 Å². The third kappa shape index (κ3) is 5.14. The van der Waals surface area contributed by atoms with E-state index in [4.69, 9.17) is 0 Å². The molecule has 0 radical (unpaired) electrons. The summed E-state index contributed by atoms with van der Waals surface area (Å²) in [5, 5.41) is 11.6. The molecule has 1 saturated heterocycles. The van der Waals surface area contributed by atoms with E-state index in [9.17, 15) is 14.4 Å². The topological polar surface area (TPSA) is 103 Å². The molecule has 2 heterocycles. The van der Waals surface area contributed by atoms with Crippen LogP contribution in [0.15, 0.2) is 42.5 Å². The normalized spacial score (nSPS) is 14.5. The summed E-state index contributed by atoms with van der Waals surface area (Å²) in [4.78, 5) is 44.1. The second kappa shape index (κ2) is 9.19. The minimum atomic E-state index is -0.447. The number of anilines is 2. The summed E-state index contributed by atoms with van der Waals surface area (Å²) in [5.74, 6) is -0.370. The number of amides is 4. The molecule has 9 heteroatoms. The van der Waals surface area contributed by atoms with Crippen molar-refractivity contribution in [3.8, 4) is 0 Å². The fourth-order valence-electron chi connectivity index (χ4n) is 3.58. The van der Waals surface area contributed by atoms with Gasteiger partial charge in [-0.1, -0.05) is 68.5 Å². The van der Waals surface area contributed by atoms with E-state index in [1.165, 1.54) is 11.3 Å². The Kier molecular flexibility index (Phi) is 6.33. The monoisotopic (exact) mass is 465 g/mol. The predicted molar refractivity (Wildman–Crippen MR) is 131 cm³/mol. The van der Waals surface area contributed by atoms with Crippen LogP contribution in [0.25, 0.3) is 10.8 Å². The highest BCUT2D eigenvalue weighted by Gasteiger charge is 2.29. The van der Waals surface area contributed by atoms with Crippen LogP contribution in [0.1, 0.15) is 42.7 Å². The lowest BCUT2D eigenvalue weighted by atomic mass is 9.98.